The summed E-state index contributed by atoms with van der Waals surface area (Å²) < 4.78 is 2.24. The molecule has 1 aliphatic heterocycles. The van der Waals surface area contributed by atoms with Gasteiger partial charge in [0.1, 0.15) is 5.82 Å². The van der Waals surface area contributed by atoms with Crippen molar-refractivity contribution in [2.75, 3.05) is 13.1 Å². The molecule has 2 aliphatic rings. The average molecular weight is 285 g/mol. The van der Waals surface area contributed by atoms with Crippen molar-refractivity contribution in [2.45, 2.75) is 38.3 Å². The number of aromatic carboxylic acids is 1. The Hall–Kier alpha value is -1.88. The second-order valence-electron chi connectivity index (χ2n) is 6.21. The maximum Gasteiger partial charge on any atom is 0.335 e. The molecule has 1 unspecified atom stereocenters. The Balaban J connectivity index is 1.74. The van der Waals surface area contributed by atoms with Crippen LogP contribution in [0.25, 0.3) is 11.0 Å². The molecule has 5 heteroatoms. The summed E-state index contributed by atoms with van der Waals surface area (Å²) in [6.45, 7) is 4.22. The summed E-state index contributed by atoms with van der Waals surface area (Å²) >= 11 is 0. The molecule has 1 aliphatic carbocycles. The van der Waals surface area contributed by atoms with Gasteiger partial charge in [0.25, 0.3) is 0 Å². The van der Waals surface area contributed by atoms with E-state index in [0.717, 1.165) is 42.4 Å². The molecule has 2 heterocycles. The van der Waals surface area contributed by atoms with Crippen molar-refractivity contribution in [1.82, 2.24) is 14.5 Å². The first kappa shape index (κ1) is 12.8. The van der Waals surface area contributed by atoms with E-state index in [2.05, 4.69) is 14.5 Å². The number of imidazole rings is 1. The summed E-state index contributed by atoms with van der Waals surface area (Å²) in [4.78, 5) is 18.4. The molecule has 21 heavy (non-hydrogen) atoms. The SMILES string of the molecule is Cc1nc2ccc(C(=O)O)cc2n1C1CCN(C2CC2)C1. The topological polar surface area (TPSA) is 58.4 Å². The van der Waals surface area contributed by atoms with Crippen molar-refractivity contribution in [3.05, 3.63) is 29.6 Å². The van der Waals surface area contributed by atoms with E-state index in [0.29, 0.717) is 11.6 Å². The van der Waals surface area contributed by atoms with Gasteiger partial charge in [0.2, 0.25) is 0 Å². The summed E-state index contributed by atoms with van der Waals surface area (Å²) in [5.41, 5.74) is 2.18. The van der Waals surface area contributed by atoms with Gasteiger partial charge in [-0.15, -0.1) is 0 Å². The lowest BCUT2D eigenvalue weighted by Gasteiger charge is -2.17. The third-order valence-electron chi connectivity index (χ3n) is 4.74. The summed E-state index contributed by atoms with van der Waals surface area (Å²) in [5, 5.41) is 9.19. The smallest absolute Gasteiger partial charge is 0.335 e. The van der Waals surface area contributed by atoms with Crippen molar-refractivity contribution >= 4 is 17.0 Å². The van der Waals surface area contributed by atoms with E-state index in [-0.39, 0.29) is 0 Å². The third kappa shape index (κ3) is 2.12. The van der Waals surface area contributed by atoms with Crippen molar-refractivity contribution in [3.63, 3.8) is 0 Å². The Labute approximate surface area is 123 Å². The number of benzene rings is 1. The number of hydrogen-bond donors (Lipinski definition) is 1. The van der Waals surface area contributed by atoms with Gasteiger partial charge in [0.15, 0.2) is 0 Å². The first-order valence-electron chi connectivity index (χ1n) is 7.59. The predicted molar refractivity (Wildman–Crippen MR) is 79.7 cm³/mol. The molecule has 1 saturated carbocycles. The van der Waals surface area contributed by atoms with Gasteiger partial charge in [-0.2, -0.15) is 0 Å². The van der Waals surface area contributed by atoms with E-state index < -0.39 is 5.97 Å². The van der Waals surface area contributed by atoms with E-state index in [1.165, 1.54) is 12.8 Å². The number of carboxylic acids is 1. The number of rotatable bonds is 3. The lowest BCUT2D eigenvalue weighted by Crippen LogP contribution is -2.24. The quantitative estimate of drug-likeness (QED) is 0.941. The van der Waals surface area contributed by atoms with Crippen LogP contribution in [0.5, 0.6) is 0 Å². The molecule has 1 N–H and O–H groups in total. The molecule has 1 aromatic heterocycles. The lowest BCUT2D eigenvalue weighted by molar-refractivity contribution is 0.0697. The van der Waals surface area contributed by atoms with Gasteiger partial charge >= 0.3 is 5.97 Å². The number of fused-ring (bicyclic) bond motifs is 1. The zero-order valence-electron chi connectivity index (χ0n) is 12.1. The Morgan fingerprint density at radius 1 is 1.29 bits per heavy atom. The minimum absolute atomic E-state index is 0.334. The number of hydrogen-bond acceptors (Lipinski definition) is 3. The zero-order chi connectivity index (χ0) is 14.6. The molecule has 4 rings (SSSR count). The number of aryl methyl sites for hydroxylation is 1. The molecule has 0 spiro atoms. The highest BCUT2D eigenvalue weighted by molar-refractivity contribution is 5.92. The molecule has 5 nitrogen and oxygen atoms in total. The highest BCUT2D eigenvalue weighted by Gasteiger charge is 2.35. The van der Waals surface area contributed by atoms with Crippen LogP contribution in [0.1, 0.15) is 41.5 Å². The molecule has 2 fully saturated rings. The third-order valence-corrected chi connectivity index (χ3v) is 4.74. The summed E-state index contributed by atoms with van der Waals surface area (Å²) in [7, 11) is 0. The minimum Gasteiger partial charge on any atom is -0.478 e. The molecule has 2 aromatic rings. The first-order chi connectivity index (χ1) is 10.1. The monoisotopic (exact) mass is 285 g/mol. The maximum absolute atomic E-state index is 11.2. The van der Waals surface area contributed by atoms with E-state index >= 15 is 0 Å². The van der Waals surface area contributed by atoms with Crippen molar-refractivity contribution in [1.29, 1.82) is 0 Å². The van der Waals surface area contributed by atoms with Crippen LogP contribution in [-0.4, -0.2) is 44.7 Å². The van der Waals surface area contributed by atoms with Crippen LogP contribution >= 0.6 is 0 Å². The van der Waals surface area contributed by atoms with E-state index in [9.17, 15) is 9.90 Å². The van der Waals surface area contributed by atoms with Gasteiger partial charge in [-0.3, -0.25) is 4.90 Å². The predicted octanol–water partition coefficient (Wildman–Crippen LogP) is 2.45. The molecule has 1 aromatic carbocycles. The highest BCUT2D eigenvalue weighted by atomic mass is 16.4. The highest BCUT2D eigenvalue weighted by Crippen LogP contribution is 2.35. The van der Waals surface area contributed by atoms with Crippen molar-refractivity contribution in [2.24, 2.45) is 0 Å². The largest absolute Gasteiger partial charge is 0.478 e. The van der Waals surface area contributed by atoms with Gasteiger partial charge < -0.3 is 9.67 Å². The number of carbonyl (C=O) groups is 1. The van der Waals surface area contributed by atoms with Crippen molar-refractivity contribution in [3.8, 4) is 0 Å². The summed E-state index contributed by atoms with van der Waals surface area (Å²) in [6, 6.07) is 6.42. The van der Waals surface area contributed by atoms with Gasteiger partial charge in [-0.05, 0) is 44.4 Å². The second kappa shape index (κ2) is 4.56. The number of aromatic nitrogens is 2. The van der Waals surface area contributed by atoms with Gasteiger partial charge in [-0.1, -0.05) is 0 Å². The summed E-state index contributed by atoms with van der Waals surface area (Å²) in [6.07, 6.45) is 3.79. The van der Waals surface area contributed by atoms with Crippen LogP contribution in [0, 0.1) is 6.92 Å². The fraction of sp³-hybridized carbons (Fsp3) is 0.500. The molecule has 1 atom stereocenters. The first-order valence-corrected chi connectivity index (χ1v) is 7.59. The molecular weight excluding hydrogens is 266 g/mol. The average Bonchev–Trinajstić information content (AvgIpc) is 3.10. The molecule has 0 radical (unpaired) electrons. The molecule has 0 bridgehead atoms. The normalized spacial score (nSPS) is 23.0. The number of carboxylic acid groups (broad SMARTS) is 1. The fourth-order valence-electron chi connectivity index (χ4n) is 3.56. The van der Waals surface area contributed by atoms with E-state index in [4.69, 9.17) is 0 Å². The van der Waals surface area contributed by atoms with Gasteiger partial charge in [0.05, 0.1) is 16.6 Å². The number of nitrogens with zero attached hydrogens (tertiary/aromatic N) is 3. The van der Waals surface area contributed by atoms with Crippen LogP contribution in [-0.2, 0) is 0 Å². The molecular formula is C16H19N3O2. The van der Waals surface area contributed by atoms with Crippen LogP contribution in [0.3, 0.4) is 0 Å². The lowest BCUT2D eigenvalue weighted by atomic mass is 10.2. The zero-order valence-corrected chi connectivity index (χ0v) is 12.1. The summed E-state index contributed by atoms with van der Waals surface area (Å²) in [5.74, 6) is 0.100. The molecule has 0 amide bonds. The van der Waals surface area contributed by atoms with Crippen LogP contribution < -0.4 is 0 Å². The van der Waals surface area contributed by atoms with Crippen LogP contribution in [0.15, 0.2) is 18.2 Å². The fourth-order valence-corrected chi connectivity index (χ4v) is 3.56. The Morgan fingerprint density at radius 2 is 2.10 bits per heavy atom. The van der Waals surface area contributed by atoms with E-state index in [1.54, 1.807) is 12.1 Å². The Bertz CT molecular complexity index is 718. The minimum atomic E-state index is -0.881. The van der Waals surface area contributed by atoms with Crippen LogP contribution in [0.4, 0.5) is 0 Å². The van der Waals surface area contributed by atoms with E-state index in [1.807, 2.05) is 13.0 Å². The standard InChI is InChI=1S/C16H19N3O2/c1-10-17-14-5-2-11(16(20)21)8-15(14)19(10)13-6-7-18(9-13)12-3-4-12/h2,5,8,12-13H,3-4,6-7,9H2,1H3,(H,20,21). The number of likely N-dealkylation sites (tertiary alicyclic amines) is 1. The van der Waals surface area contributed by atoms with Crippen molar-refractivity contribution < 1.29 is 9.90 Å². The molecule has 110 valence electrons. The van der Waals surface area contributed by atoms with Crippen LogP contribution in [0.2, 0.25) is 0 Å². The van der Waals surface area contributed by atoms with Gasteiger partial charge in [0, 0.05) is 25.2 Å². The Morgan fingerprint density at radius 3 is 2.81 bits per heavy atom. The second-order valence-corrected chi connectivity index (χ2v) is 6.21. The molecule has 1 saturated heterocycles. The Kier molecular flexibility index (Phi) is 2.79. The van der Waals surface area contributed by atoms with Gasteiger partial charge in [-0.25, -0.2) is 9.78 Å². The maximum atomic E-state index is 11.2.